The number of aliphatic hydroxyl groups is 1. The van der Waals surface area contributed by atoms with Gasteiger partial charge in [-0.25, -0.2) is 0 Å². The van der Waals surface area contributed by atoms with Crippen molar-refractivity contribution < 1.29 is 5.11 Å². The molecule has 3 nitrogen and oxygen atoms in total. The highest BCUT2D eigenvalue weighted by atomic mass is 16.3. The summed E-state index contributed by atoms with van der Waals surface area (Å²) >= 11 is 0. The molecule has 0 aromatic carbocycles. The van der Waals surface area contributed by atoms with Crippen LogP contribution in [0.4, 0.5) is 0 Å². The van der Waals surface area contributed by atoms with Crippen molar-refractivity contribution in [1.82, 2.24) is 4.90 Å². The van der Waals surface area contributed by atoms with E-state index in [1.807, 2.05) is 6.19 Å². The van der Waals surface area contributed by atoms with Crippen molar-refractivity contribution >= 4 is 0 Å². The zero-order valence-electron chi connectivity index (χ0n) is 5.83. The van der Waals surface area contributed by atoms with Crippen molar-refractivity contribution in [3.05, 3.63) is 0 Å². The van der Waals surface area contributed by atoms with Gasteiger partial charge < -0.3 is 10.0 Å². The lowest BCUT2D eigenvalue weighted by Crippen LogP contribution is -2.16. The van der Waals surface area contributed by atoms with E-state index in [0.29, 0.717) is 13.0 Å². The topological polar surface area (TPSA) is 47.3 Å². The van der Waals surface area contributed by atoms with Gasteiger partial charge in [-0.05, 0) is 13.3 Å². The van der Waals surface area contributed by atoms with Crippen molar-refractivity contribution in [2.45, 2.75) is 19.4 Å². The van der Waals surface area contributed by atoms with Gasteiger partial charge in [-0.1, -0.05) is 0 Å². The lowest BCUT2D eigenvalue weighted by molar-refractivity contribution is 0.174. The van der Waals surface area contributed by atoms with E-state index in [1.165, 1.54) is 4.90 Å². The number of hydrogen-bond acceptors (Lipinski definition) is 3. The Hall–Kier alpha value is -0.750. The summed E-state index contributed by atoms with van der Waals surface area (Å²) in [6.07, 6.45) is 2.29. The van der Waals surface area contributed by atoms with Crippen LogP contribution >= 0.6 is 0 Å². The maximum absolute atomic E-state index is 8.76. The Morgan fingerprint density at radius 1 is 1.78 bits per heavy atom. The van der Waals surface area contributed by atoms with Crippen LogP contribution in [0.15, 0.2) is 0 Å². The second kappa shape index (κ2) is 4.16. The van der Waals surface area contributed by atoms with Crippen molar-refractivity contribution in [1.29, 1.82) is 5.26 Å². The molecule has 0 aromatic heterocycles. The molecule has 0 rings (SSSR count). The van der Waals surface area contributed by atoms with Gasteiger partial charge in [-0.15, -0.1) is 0 Å². The van der Waals surface area contributed by atoms with Crippen LogP contribution in [0.2, 0.25) is 0 Å². The largest absolute Gasteiger partial charge is 0.393 e. The zero-order chi connectivity index (χ0) is 7.28. The molecule has 0 amide bonds. The first kappa shape index (κ1) is 8.25. The molecule has 0 aliphatic rings. The molecule has 0 heterocycles. The molecule has 0 saturated carbocycles. The molecule has 1 unspecified atom stereocenters. The minimum atomic E-state index is -0.305. The lowest BCUT2D eigenvalue weighted by atomic mass is 10.3. The van der Waals surface area contributed by atoms with E-state index < -0.39 is 0 Å². The molecule has 1 atom stereocenters. The Bertz CT molecular complexity index is 106. The second-order valence-corrected chi connectivity index (χ2v) is 2.16. The summed E-state index contributed by atoms with van der Waals surface area (Å²) in [4.78, 5) is 1.49. The van der Waals surface area contributed by atoms with Gasteiger partial charge in [0.05, 0.1) is 6.10 Å². The Labute approximate surface area is 55.5 Å². The Kier molecular flexibility index (Phi) is 3.81. The van der Waals surface area contributed by atoms with Gasteiger partial charge >= 0.3 is 0 Å². The summed E-state index contributed by atoms with van der Waals surface area (Å²) < 4.78 is 0. The van der Waals surface area contributed by atoms with Gasteiger partial charge in [0.25, 0.3) is 0 Å². The number of nitriles is 1. The molecule has 0 saturated heterocycles. The van der Waals surface area contributed by atoms with Crippen molar-refractivity contribution in [2.24, 2.45) is 0 Å². The van der Waals surface area contributed by atoms with Crippen LogP contribution in [0.5, 0.6) is 0 Å². The molecule has 3 heteroatoms. The van der Waals surface area contributed by atoms with Gasteiger partial charge in [0.2, 0.25) is 0 Å². The first-order valence-corrected chi connectivity index (χ1v) is 2.95. The van der Waals surface area contributed by atoms with Crippen LogP contribution in [0.25, 0.3) is 0 Å². The molecule has 0 spiro atoms. The van der Waals surface area contributed by atoms with E-state index in [4.69, 9.17) is 10.4 Å². The van der Waals surface area contributed by atoms with E-state index in [-0.39, 0.29) is 6.10 Å². The van der Waals surface area contributed by atoms with Crippen molar-refractivity contribution in [3.63, 3.8) is 0 Å². The normalized spacial score (nSPS) is 12.2. The highest BCUT2D eigenvalue weighted by Gasteiger charge is 1.96. The number of hydrogen-bond donors (Lipinski definition) is 1. The molecule has 0 radical (unpaired) electrons. The van der Waals surface area contributed by atoms with E-state index in [2.05, 4.69) is 0 Å². The SMILES string of the molecule is CC(O)CCN(C)C#N. The standard InChI is InChI=1S/C6H12N2O/c1-6(9)3-4-8(2)5-7/h6,9H,3-4H2,1-2H3. The molecule has 9 heavy (non-hydrogen) atoms. The minimum Gasteiger partial charge on any atom is -0.393 e. The van der Waals surface area contributed by atoms with Crippen LogP contribution in [0.1, 0.15) is 13.3 Å². The van der Waals surface area contributed by atoms with Crippen molar-refractivity contribution in [2.75, 3.05) is 13.6 Å². The van der Waals surface area contributed by atoms with E-state index >= 15 is 0 Å². The molecular formula is C6H12N2O. The highest BCUT2D eigenvalue weighted by Crippen LogP contribution is 1.90. The third-order valence-corrected chi connectivity index (χ3v) is 1.05. The predicted molar refractivity (Wildman–Crippen MR) is 34.5 cm³/mol. The fraction of sp³-hybridized carbons (Fsp3) is 0.833. The fourth-order valence-corrected chi connectivity index (χ4v) is 0.430. The maximum Gasteiger partial charge on any atom is 0.179 e. The van der Waals surface area contributed by atoms with E-state index in [1.54, 1.807) is 14.0 Å². The van der Waals surface area contributed by atoms with Crippen LogP contribution in [0.3, 0.4) is 0 Å². The van der Waals surface area contributed by atoms with Gasteiger partial charge in [0.1, 0.15) is 0 Å². The number of rotatable bonds is 3. The Morgan fingerprint density at radius 2 is 2.33 bits per heavy atom. The summed E-state index contributed by atoms with van der Waals surface area (Å²) in [7, 11) is 1.70. The average Bonchev–Trinajstić information content (AvgIpc) is 1.83. The zero-order valence-corrected chi connectivity index (χ0v) is 5.83. The minimum absolute atomic E-state index is 0.305. The van der Waals surface area contributed by atoms with E-state index in [0.717, 1.165) is 0 Å². The maximum atomic E-state index is 8.76. The van der Waals surface area contributed by atoms with Crippen LogP contribution < -0.4 is 0 Å². The molecule has 0 aliphatic carbocycles. The van der Waals surface area contributed by atoms with Gasteiger partial charge in [-0.3, -0.25) is 0 Å². The quantitative estimate of drug-likeness (QED) is 0.435. The average molecular weight is 128 g/mol. The number of aliphatic hydroxyl groups excluding tert-OH is 1. The predicted octanol–water partition coefficient (Wildman–Crippen LogP) is 0.170. The third kappa shape index (κ3) is 5.12. The first-order valence-electron chi connectivity index (χ1n) is 2.95. The second-order valence-electron chi connectivity index (χ2n) is 2.16. The molecule has 1 N–H and O–H groups in total. The van der Waals surface area contributed by atoms with E-state index in [9.17, 15) is 0 Å². The molecule has 0 aliphatic heterocycles. The Morgan fingerprint density at radius 3 is 2.67 bits per heavy atom. The van der Waals surface area contributed by atoms with Crippen LogP contribution in [-0.4, -0.2) is 29.7 Å². The summed E-state index contributed by atoms with van der Waals surface area (Å²) in [5.74, 6) is 0. The molecular weight excluding hydrogens is 116 g/mol. The summed E-state index contributed by atoms with van der Waals surface area (Å²) in [6, 6.07) is 0. The lowest BCUT2D eigenvalue weighted by Gasteiger charge is -2.08. The summed E-state index contributed by atoms with van der Waals surface area (Å²) in [6.45, 7) is 2.35. The summed E-state index contributed by atoms with van der Waals surface area (Å²) in [5, 5.41) is 17.0. The monoisotopic (exact) mass is 128 g/mol. The number of nitrogens with zero attached hydrogens (tertiary/aromatic N) is 2. The van der Waals surface area contributed by atoms with Gasteiger partial charge in [0, 0.05) is 13.6 Å². The molecule has 0 aromatic rings. The van der Waals surface area contributed by atoms with Crippen LogP contribution in [-0.2, 0) is 0 Å². The molecule has 0 fully saturated rings. The first-order chi connectivity index (χ1) is 4.16. The smallest absolute Gasteiger partial charge is 0.179 e. The third-order valence-electron chi connectivity index (χ3n) is 1.05. The summed E-state index contributed by atoms with van der Waals surface area (Å²) in [5.41, 5.74) is 0. The molecule has 0 bridgehead atoms. The van der Waals surface area contributed by atoms with Gasteiger partial charge in [-0.2, -0.15) is 5.26 Å². The Balaban J connectivity index is 3.19. The fourth-order valence-electron chi connectivity index (χ4n) is 0.430. The van der Waals surface area contributed by atoms with Crippen molar-refractivity contribution in [3.8, 4) is 6.19 Å². The van der Waals surface area contributed by atoms with Gasteiger partial charge in [0.15, 0.2) is 6.19 Å². The highest BCUT2D eigenvalue weighted by molar-refractivity contribution is 4.68. The molecule has 52 valence electrons. The van der Waals surface area contributed by atoms with Crippen LogP contribution in [0, 0.1) is 11.5 Å².